The van der Waals surface area contributed by atoms with Crippen molar-refractivity contribution in [2.75, 3.05) is 13.2 Å². The van der Waals surface area contributed by atoms with Crippen LogP contribution in [0.3, 0.4) is 0 Å². The predicted molar refractivity (Wildman–Crippen MR) is 124 cm³/mol. The molecule has 1 heterocycles. The average molecular weight is 469 g/mol. The molecule has 0 aromatic heterocycles. The van der Waals surface area contributed by atoms with Gasteiger partial charge in [0.25, 0.3) is 10.0 Å². The molecule has 32 heavy (non-hydrogen) atoms. The summed E-state index contributed by atoms with van der Waals surface area (Å²) in [7, 11) is -3.95. The second kappa shape index (κ2) is 10.1. The Morgan fingerprint density at radius 3 is 2.50 bits per heavy atom. The largest absolute Gasteiger partial charge is 0.487 e. The molecule has 0 spiro atoms. The van der Waals surface area contributed by atoms with Crippen LogP contribution in [0.1, 0.15) is 62.3 Å². The molecule has 0 unspecified atom stereocenters. The lowest BCUT2D eigenvalue weighted by atomic mass is 9.94. The number of unbranched alkanes of at least 4 members (excludes halogenated alkanes) is 1. The van der Waals surface area contributed by atoms with Crippen LogP contribution in [0.5, 0.6) is 5.75 Å². The number of sulfonamides is 1. The first-order valence-corrected chi connectivity index (χ1v) is 12.4. The van der Waals surface area contributed by atoms with E-state index in [1.54, 1.807) is 20.8 Å². The van der Waals surface area contributed by atoms with Gasteiger partial charge in [0.2, 0.25) is 5.96 Å². The molecule has 0 saturated carbocycles. The van der Waals surface area contributed by atoms with Crippen LogP contribution in [0.4, 0.5) is 0 Å². The second-order valence-electron chi connectivity index (χ2n) is 8.81. The molecule has 1 atom stereocenters. The molecule has 1 aliphatic rings. The van der Waals surface area contributed by atoms with Crippen molar-refractivity contribution < 1.29 is 22.7 Å². The first-order valence-electron chi connectivity index (χ1n) is 10.9. The second-order valence-corrected chi connectivity index (χ2v) is 10.4. The highest BCUT2D eigenvalue weighted by molar-refractivity contribution is 7.90. The van der Waals surface area contributed by atoms with Crippen LogP contribution in [0.2, 0.25) is 0 Å². The monoisotopic (exact) mass is 468 g/mol. The van der Waals surface area contributed by atoms with Gasteiger partial charge in [-0.25, -0.2) is 13.1 Å². The van der Waals surface area contributed by atoms with Crippen LogP contribution in [-0.4, -0.2) is 45.1 Å². The maximum Gasteiger partial charge on any atom is 0.322 e. The van der Waals surface area contributed by atoms with E-state index < -0.39 is 22.0 Å². The molecule has 0 amide bonds. The molecule has 2 rings (SSSR count). The SMILES string of the molecule is CCOC(=O)[C@@H](N)CCCCNC(=N)NS(=O)(=O)c1c(C)c(C)c2c(c1C)CC(C)(C)O2. The van der Waals surface area contributed by atoms with Crippen LogP contribution in [0.25, 0.3) is 0 Å². The maximum absolute atomic E-state index is 13.1. The highest BCUT2D eigenvalue weighted by Gasteiger charge is 2.36. The topological polar surface area (TPSA) is 144 Å². The molecule has 0 radical (unpaired) electrons. The number of esters is 1. The van der Waals surface area contributed by atoms with Gasteiger partial charge < -0.3 is 20.5 Å². The lowest BCUT2D eigenvalue weighted by Gasteiger charge is -2.19. The van der Waals surface area contributed by atoms with Crippen LogP contribution < -0.4 is 20.5 Å². The molecule has 5 N–H and O–H groups in total. The van der Waals surface area contributed by atoms with Crippen LogP contribution in [0, 0.1) is 26.2 Å². The molecule has 0 saturated heterocycles. The van der Waals surface area contributed by atoms with Crippen molar-refractivity contribution in [1.82, 2.24) is 10.0 Å². The van der Waals surface area contributed by atoms with Gasteiger partial charge in [-0.1, -0.05) is 0 Å². The Hall–Kier alpha value is -2.33. The first-order chi connectivity index (χ1) is 14.8. The molecule has 0 aliphatic carbocycles. The lowest BCUT2D eigenvalue weighted by molar-refractivity contribution is -0.144. The quantitative estimate of drug-likeness (QED) is 0.188. The Morgan fingerprint density at radius 1 is 1.22 bits per heavy atom. The average Bonchev–Trinajstić information content (AvgIpc) is 3.01. The number of nitrogens with two attached hydrogens (primary N) is 1. The van der Waals surface area contributed by atoms with Crippen LogP contribution in [-0.2, 0) is 26.0 Å². The summed E-state index contributed by atoms with van der Waals surface area (Å²) in [6.45, 7) is 11.8. The van der Waals surface area contributed by atoms with Crippen molar-refractivity contribution in [2.24, 2.45) is 5.73 Å². The van der Waals surface area contributed by atoms with Crippen molar-refractivity contribution in [2.45, 2.75) is 83.8 Å². The standard InChI is InChI=1S/C22H36N4O5S/c1-7-30-20(27)17(23)10-8-9-11-25-21(24)26-32(28,29)19-14(3)13(2)18-16(15(19)4)12-22(5,6)31-18/h17H,7-12,23H2,1-6H3,(H3,24,25,26)/t17-/m0/s1. The number of guanidine groups is 1. The third kappa shape index (κ3) is 5.92. The number of carbonyl (C=O) groups excluding carboxylic acids is 1. The molecule has 180 valence electrons. The number of rotatable bonds is 9. The molecule has 1 aromatic rings. The fourth-order valence-electron chi connectivity index (χ4n) is 3.94. The molecular weight excluding hydrogens is 432 g/mol. The van der Waals surface area contributed by atoms with E-state index in [-0.39, 0.29) is 16.5 Å². The normalized spacial score (nSPS) is 15.5. The molecule has 0 fully saturated rings. The van der Waals surface area contributed by atoms with Crippen molar-refractivity contribution >= 4 is 22.0 Å². The Kier molecular flexibility index (Phi) is 8.17. The van der Waals surface area contributed by atoms with E-state index >= 15 is 0 Å². The summed E-state index contributed by atoms with van der Waals surface area (Å²) in [6.07, 6.45) is 2.36. The predicted octanol–water partition coefficient (Wildman–Crippen LogP) is 2.19. The van der Waals surface area contributed by atoms with E-state index in [2.05, 4.69) is 10.0 Å². The Labute approximate surface area is 191 Å². The first kappa shape index (κ1) is 25.9. The number of ether oxygens (including phenoxy) is 2. The van der Waals surface area contributed by atoms with Gasteiger partial charge in [0, 0.05) is 18.5 Å². The van der Waals surface area contributed by atoms with Gasteiger partial charge in [-0.3, -0.25) is 10.2 Å². The Balaban J connectivity index is 1.99. The minimum atomic E-state index is -3.95. The van der Waals surface area contributed by atoms with Gasteiger partial charge in [0.15, 0.2) is 0 Å². The van der Waals surface area contributed by atoms with E-state index in [4.69, 9.17) is 20.6 Å². The summed E-state index contributed by atoms with van der Waals surface area (Å²) < 4.78 is 39.5. The highest BCUT2D eigenvalue weighted by Crippen LogP contribution is 2.43. The maximum atomic E-state index is 13.1. The molecule has 9 nitrogen and oxygen atoms in total. The van der Waals surface area contributed by atoms with E-state index in [1.165, 1.54) is 0 Å². The third-order valence-electron chi connectivity index (χ3n) is 5.63. The minimum absolute atomic E-state index is 0.196. The van der Waals surface area contributed by atoms with E-state index in [0.29, 0.717) is 50.0 Å². The van der Waals surface area contributed by atoms with Gasteiger partial charge in [0.1, 0.15) is 17.4 Å². The van der Waals surface area contributed by atoms with E-state index in [1.807, 2.05) is 20.8 Å². The van der Waals surface area contributed by atoms with Gasteiger partial charge in [0.05, 0.1) is 11.5 Å². The van der Waals surface area contributed by atoms with Crippen molar-refractivity contribution in [1.29, 1.82) is 5.41 Å². The molecular formula is C22H36N4O5S. The zero-order valence-electron chi connectivity index (χ0n) is 19.8. The Morgan fingerprint density at radius 2 is 1.88 bits per heavy atom. The highest BCUT2D eigenvalue weighted by atomic mass is 32.2. The zero-order valence-corrected chi connectivity index (χ0v) is 20.7. The fourth-order valence-corrected chi connectivity index (χ4v) is 5.46. The number of hydrogen-bond acceptors (Lipinski definition) is 7. The number of hydrogen-bond donors (Lipinski definition) is 4. The van der Waals surface area contributed by atoms with Crippen molar-refractivity contribution in [3.8, 4) is 5.75 Å². The van der Waals surface area contributed by atoms with Crippen molar-refractivity contribution in [3.05, 3.63) is 22.3 Å². The number of carbonyl (C=O) groups is 1. The van der Waals surface area contributed by atoms with Gasteiger partial charge in [-0.05, 0) is 77.5 Å². The summed E-state index contributed by atoms with van der Waals surface area (Å²) in [5.74, 6) is 0.0385. The molecule has 0 bridgehead atoms. The number of benzene rings is 1. The van der Waals surface area contributed by atoms with Crippen molar-refractivity contribution in [3.63, 3.8) is 0 Å². The summed E-state index contributed by atoms with van der Waals surface area (Å²) in [4.78, 5) is 11.7. The zero-order chi connectivity index (χ0) is 24.3. The van der Waals surface area contributed by atoms with E-state index in [9.17, 15) is 13.2 Å². The lowest BCUT2D eigenvalue weighted by Crippen LogP contribution is -2.41. The van der Waals surface area contributed by atoms with Gasteiger partial charge in [-0.15, -0.1) is 0 Å². The van der Waals surface area contributed by atoms with Crippen LogP contribution in [0.15, 0.2) is 4.90 Å². The fraction of sp³-hybridized carbons (Fsp3) is 0.636. The summed E-state index contributed by atoms with van der Waals surface area (Å²) in [5.41, 5.74) is 8.34. The van der Waals surface area contributed by atoms with Gasteiger partial charge >= 0.3 is 5.97 Å². The number of fused-ring (bicyclic) bond motifs is 1. The third-order valence-corrected chi connectivity index (χ3v) is 7.25. The Bertz CT molecular complexity index is 989. The van der Waals surface area contributed by atoms with Gasteiger partial charge in [-0.2, -0.15) is 0 Å². The molecule has 1 aromatic carbocycles. The molecule has 10 heteroatoms. The molecule has 1 aliphatic heterocycles. The summed E-state index contributed by atoms with van der Waals surface area (Å²) in [5, 5.41) is 10.8. The number of nitrogens with one attached hydrogen (secondary N) is 3. The summed E-state index contributed by atoms with van der Waals surface area (Å²) >= 11 is 0. The van der Waals surface area contributed by atoms with Crippen LogP contribution >= 0.6 is 0 Å². The summed E-state index contributed by atoms with van der Waals surface area (Å²) in [6, 6.07) is -0.670. The smallest absolute Gasteiger partial charge is 0.322 e. The minimum Gasteiger partial charge on any atom is -0.487 e. The van der Waals surface area contributed by atoms with E-state index in [0.717, 1.165) is 16.9 Å².